The number of aromatic nitrogens is 4. The highest BCUT2D eigenvalue weighted by Crippen LogP contribution is 2.20. The molecule has 19 heavy (non-hydrogen) atoms. The Hall–Kier alpha value is -2.68. The van der Waals surface area contributed by atoms with Gasteiger partial charge in [0.25, 0.3) is 5.91 Å². The van der Waals surface area contributed by atoms with E-state index >= 15 is 0 Å². The molecule has 3 rings (SSSR count). The largest absolute Gasteiger partial charge is 0.476 e. The van der Waals surface area contributed by atoms with Crippen LogP contribution in [0.4, 0.5) is 0 Å². The van der Waals surface area contributed by atoms with E-state index in [1.165, 1.54) is 32.8 Å². The highest BCUT2D eigenvalue weighted by atomic mass is 32.1. The predicted octanol–water partition coefficient (Wildman–Crippen LogP) is 0.379. The normalized spacial score (nSPS) is 10.9. The lowest BCUT2D eigenvalue weighted by atomic mass is 10.3. The summed E-state index contributed by atoms with van der Waals surface area (Å²) in [7, 11) is 0. The smallest absolute Gasteiger partial charge is 0.356 e. The topological polar surface area (TPSA) is 116 Å². The number of primary amides is 1. The van der Waals surface area contributed by atoms with Crippen LogP contribution >= 0.6 is 11.3 Å². The lowest BCUT2D eigenvalue weighted by Gasteiger charge is -1.98. The molecule has 3 aromatic rings. The molecule has 3 aromatic heterocycles. The number of nitrogens with two attached hydrogens (primary N) is 1. The third-order valence-electron chi connectivity index (χ3n) is 2.53. The summed E-state index contributed by atoms with van der Waals surface area (Å²) in [4.78, 5) is 27.1. The molecule has 9 heteroatoms. The summed E-state index contributed by atoms with van der Waals surface area (Å²) in [5.41, 5.74) is 5.30. The number of nitrogens with zero attached hydrogens (tertiary/aromatic N) is 4. The van der Waals surface area contributed by atoms with Crippen LogP contribution < -0.4 is 5.73 Å². The Morgan fingerprint density at radius 3 is 2.84 bits per heavy atom. The predicted molar refractivity (Wildman–Crippen MR) is 65.7 cm³/mol. The average Bonchev–Trinajstić information content (AvgIpc) is 3.02. The first-order chi connectivity index (χ1) is 9.08. The summed E-state index contributed by atoms with van der Waals surface area (Å²) in [6.45, 7) is 0. The number of rotatable bonds is 3. The maximum Gasteiger partial charge on any atom is 0.356 e. The van der Waals surface area contributed by atoms with Gasteiger partial charge in [-0.1, -0.05) is 0 Å². The fourth-order valence-corrected chi connectivity index (χ4v) is 2.41. The molecular formula is C10H7N5O3S. The number of thiazole rings is 1. The van der Waals surface area contributed by atoms with E-state index in [1.54, 1.807) is 11.6 Å². The van der Waals surface area contributed by atoms with Gasteiger partial charge in [-0.15, -0.1) is 11.3 Å². The maximum absolute atomic E-state index is 11.3. The molecule has 0 unspecified atom stereocenters. The summed E-state index contributed by atoms with van der Waals surface area (Å²) in [5, 5.41) is 14.9. The Morgan fingerprint density at radius 1 is 1.42 bits per heavy atom. The van der Waals surface area contributed by atoms with E-state index in [0.717, 1.165) is 0 Å². The first-order valence-electron chi connectivity index (χ1n) is 5.11. The molecule has 8 nitrogen and oxygen atoms in total. The number of hydrogen-bond donors (Lipinski definition) is 2. The van der Waals surface area contributed by atoms with Crippen LogP contribution in [0.15, 0.2) is 24.0 Å². The Balaban J connectivity index is 2.23. The highest BCUT2D eigenvalue weighted by molar-refractivity contribution is 7.15. The van der Waals surface area contributed by atoms with Crippen LogP contribution in [0, 0.1) is 0 Å². The van der Waals surface area contributed by atoms with E-state index in [4.69, 9.17) is 5.73 Å². The molecule has 0 atom stereocenters. The average molecular weight is 277 g/mol. The fourth-order valence-electron chi connectivity index (χ4n) is 1.70. The van der Waals surface area contributed by atoms with Crippen molar-refractivity contribution in [3.8, 4) is 5.82 Å². The molecule has 0 radical (unpaired) electrons. The van der Waals surface area contributed by atoms with E-state index in [-0.39, 0.29) is 17.1 Å². The van der Waals surface area contributed by atoms with Crippen molar-refractivity contribution in [1.29, 1.82) is 0 Å². The monoisotopic (exact) mass is 277 g/mol. The minimum Gasteiger partial charge on any atom is -0.476 e. The molecular weight excluding hydrogens is 270 g/mol. The highest BCUT2D eigenvalue weighted by Gasteiger charge is 2.21. The van der Waals surface area contributed by atoms with E-state index in [0.29, 0.717) is 4.96 Å². The molecule has 0 aliphatic rings. The van der Waals surface area contributed by atoms with Crippen molar-refractivity contribution in [2.75, 3.05) is 0 Å². The molecule has 1 amide bonds. The molecule has 3 heterocycles. The van der Waals surface area contributed by atoms with Crippen molar-refractivity contribution in [2.24, 2.45) is 5.73 Å². The lowest BCUT2D eigenvalue weighted by molar-refractivity contribution is 0.0689. The van der Waals surface area contributed by atoms with Crippen molar-refractivity contribution >= 4 is 28.2 Å². The second-order valence-corrected chi connectivity index (χ2v) is 4.56. The van der Waals surface area contributed by atoms with Crippen LogP contribution in [0.1, 0.15) is 20.8 Å². The van der Waals surface area contributed by atoms with Gasteiger partial charge < -0.3 is 10.8 Å². The van der Waals surface area contributed by atoms with Gasteiger partial charge in [0.05, 0.1) is 11.8 Å². The minimum absolute atomic E-state index is 0.0182. The summed E-state index contributed by atoms with van der Waals surface area (Å²) >= 11 is 1.30. The molecule has 0 fully saturated rings. The van der Waals surface area contributed by atoms with Gasteiger partial charge in [-0.05, 0) is 0 Å². The number of fused-ring (bicyclic) bond motifs is 1. The molecule has 0 aromatic carbocycles. The van der Waals surface area contributed by atoms with E-state index in [1.807, 2.05) is 0 Å². The number of carboxylic acid groups (broad SMARTS) is 1. The van der Waals surface area contributed by atoms with Crippen molar-refractivity contribution in [3.63, 3.8) is 0 Å². The zero-order valence-electron chi connectivity index (χ0n) is 9.35. The van der Waals surface area contributed by atoms with Crippen LogP contribution in [0.5, 0.6) is 0 Å². The third kappa shape index (κ3) is 1.67. The van der Waals surface area contributed by atoms with E-state index in [2.05, 4.69) is 10.1 Å². The van der Waals surface area contributed by atoms with Crippen molar-refractivity contribution in [1.82, 2.24) is 19.2 Å². The number of hydrogen-bond acceptors (Lipinski definition) is 5. The molecule has 0 bridgehead atoms. The lowest BCUT2D eigenvalue weighted by Crippen LogP contribution is -2.10. The zero-order chi connectivity index (χ0) is 13.6. The van der Waals surface area contributed by atoms with Crippen LogP contribution in [0.25, 0.3) is 10.8 Å². The maximum atomic E-state index is 11.3. The molecule has 3 N–H and O–H groups in total. The van der Waals surface area contributed by atoms with Gasteiger partial charge in [-0.25, -0.2) is 9.48 Å². The quantitative estimate of drug-likeness (QED) is 0.718. The van der Waals surface area contributed by atoms with Crippen LogP contribution in [0.2, 0.25) is 0 Å². The summed E-state index contributed by atoms with van der Waals surface area (Å²) in [6.07, 6.45) is 4.22. The Bertz CT molecular complexity index is 799. The third-order valence-corrected chi connectivity index (χ3v) is 3.29. The summed E-state index contributed by atoms with van der Waals surface area (Å²) in [6, 6.07) is 0. The Morgan fingerprint density at radius 2 is 2.21 bits per heavy atom. The van der Waals surface area contributed by atoms with Crippen LogP contribution in [-0.2, 0) is 0 Å². The van der Waals surface area contributed by atoms with Gasteiger partial charge in [0.1, 0.15) is 0 Å². The van der Waals surface area contributed by atoms with Gasteiger partial charge >= 0.3 is 5.97 Å². The van der Waals surface area contributed by atoms with Crippen molar-refractivity contribution < 1.29 is 14.7 Å². The molecule has 0 saturated carbocycles. The summed E-state index contributed by atoms with van der Waals surface area (Å²) < 4.78 is 2.68. The number of aromatic carboxylic acids is 1. The van der Waals surface area contributed by atoms with Crippen LogP contribution in [-0.4, -0.2) is 36.1 Å². The number of imidazole rings is 1. The molecule has 96 valence electrons. The van der Waals surface area contributed by atoms with Gasteiger partial charge in [0.2, 0.25) is 0 Å². The number of carboxylic acids is 1. The van der Waals surface area contributed by atoms with Crippen molar-refractivity contribution in [2.45, 2.75) is 0 Å². The number of carbonyl (C=O) groups is 2. The zero-order valence-corrected chi connectivity index (χ0v) is 10.2. The van der Waals surface area contributed by atoms with E-state index < -0.39 is 11.9 Å². The second-order valence-electron chi connectivity index (χ2n) is 3.68. The standard InChI is InChI=1S/C10H7N5O3S/c11-7(16)5-3-12-15(4-5)8-6(9(17)18)14-1-2-19-10(14)13-8/h1-4H,(H2,11,16)(H,17,18). The number of amides is 1. The SMILES string of the molecule is NC(=O)c1cnn(-c2nc3sccn3c2C(=O)O)c1. The molecule has 0 spiro atoms. The van der Waals surface area contributed by atoms with Gasteiger partial charge in [0, 0.05) is 17.8 Å². The number of carbonyl (C=O) groups excluding carboxylic acids is 1. The van der Waals surface area contributed by atoms with Gasteiger partial charge in [0.15, 0.2) is 16.5 Å². The second kappa shape index (κ2) is 3.92. The van der Waals surface area contributed by atoms with Gasteiger partial charge in [-0.2, -0.15) is 10.1 Å². The first-order valence-corrected chi connectivity index (χ1v) is 5.99. The first kappa shape index (κ1) is 11.4. The Kier molecular flexibility index (Phi) is 2.35. The molecule has 0 aliphatic heterocycles. The molecule has 0 saturated heterocycles. The minimum atomic E-state index is -1.13. The Labute approximate surface area is 109 Å². The van der Waals surface area contributed by atoms with Gasteiger partial charge in [-0.3, -0.25) is 9.20 Å². The summed E-state index contributed by atoms with van der Waals surface area (Å²) in [5.74, 6) is -1.62. The van der Waals surface area contributed by atoms with Crippen LogP contribution in [0.3, 0.4) is 0 Å². The van der Waals surface area contributed by atoms with Crippen molar-refractivity contribution in [3.05, 3.63) is 35.2 Å². The molecule has 0 aliphatic carbocycles. The van der Waals surface area contributed by atoms with E-state index in [9.17, 15) is 14.7 Å². The fraction of sp³-hybridized carbons (Fsp3) is 0.